The highest BCUT2D eigenvalue weighted by atomic mass is 32.1. The standard InChI is InChI=1S/C21H28N2O3S/c1-3-4-5-6-7-11-23-18-13-16(8-9-19(18)26-14-21(23)24)17-15-27-20(22-17)10-12-25-2/h8-9,13,15H,3-7,10-12,14H2,1-2H3. The zero-order chi connectivity index (χ0) is 19.1. The summed E-state index contributed by atoms with van der Waals surface area (Å²) in [5.41, 5.74) is 2.82. The molecule has 1 amide bonds. The van der Waals surface area contributed by atoms with Crippen molar-refractivity contribution in [1.82, 2.24) is 4.98 Å². The third-order valence-corrected chi connectivity index (χ3v) is 5.66. The van der Waals surface area contributed by atoms with Gasteiger partial charge in [-0.25, -0.2) is 4.98 Å². The summed E-state index contributed by atoms with van der Waals surface area (Å²) in [5, 5.41) is 3.12. The Hall–Kier alpha value is -1.92. The number of nitrogens with zero attached hydrogens (tertiary/aromatic N) is 2. The summed E-state index contributed by atoms with van der Waals surface area (Å²) in [7, 11) is 1.70. The van der Waals surface area contributed by atoms with Crippen molar-refractivity contribution in [2.45, 2.75) is 45.4 Å². The van der Waals surface area contributed by atoms with Crippen LogP contribution < -0.4 is 9.64 Å². The monoisotopic (exact) mass is 388 g/mol. The Morgan fingerprint density at radius 2 is 2.11 bits per heavy atom. The Labute approximate surface area is 165 Å². The van der Waals surface area contributed by atoms with E-state index < -0.39 is 0 Å². The summed E-state index contributed by atoms with van der Waals surface area (Å²) in [6, 6.07) is 6.01. The van der Waals surface area contributed by atoms with E-state index in [1.54, 1.807) is 18.4 Å². The molecule has 0 bridgehead atoms. The van der Waals surface area contributed by atoms with Crippen LogP contribution in [0.4, 0.5) is 5.69 Å². The largest absolute Gasteiger partial charge is 0.482 e. The SMILES string of the molecule is CCCCCCCN1C(=O)COc2ccc(-c3csc(CCOC)n3)cc21. The van der Waals surface area contributed by atoms with Crippen molar-refractivity contribution in [3.8, 4) is 17.0 Å². The predicted octanol–water partition coefficient (Wildman–Crippen LogP) is 4.69. The molecule has 0 radical (unpaired) electrons. The van der Waals surface area contributed by atoms with Crippen molar-refractivity contribution in [2.24, 2.45) is 0 Å². The molecular weight excluding hydrogens is 360 g/mol. The topological polar surface area (TPSA) is 51.7 Å². The number of methoxy groups -OCH3 is 1. The Bertz CT molecular complexity index is 760. The normalized spacial score (nSPS) is 13.6. The highest BCUT2D eigenvalue weighted by Crippen LogP contribution is 2.36. The lowest BCUT2D eigenvalue weighted by molar-refractivity contribution is -0.121. The van der Waals surface area contributed by atoms with Crippen molar-refractivity contribution in [2.75, 3.05) is 31.8 Å². The Morgan fingerprint density at radius 3 is 2.93 bits per heavy atom. The first-order valence-electron chi connectivity index (χ1n) is 9.74. The second-order valence-corrected chi connectivity index (χ2v) is 7.74. The molecule has 1 aromatic heterocycles. The fraction of sp³-hybridized carbons (Fsp3) is 0.524. The molecule has 0 N–H and O–H groups in total. The third kappa shape index (κ3) is 5.08. The highest BCUT2D eigenvalue weighted by Gasteiger charge is 2.25. The highest BCUT2D eigenvalue weighted by molar-refractivity contribution is 7.09. The van der Waals surface area contributed by atoms with Gasteiger partial charge in [-0.05, 0) is 24.6 Å². The van der Waals surface area contributed by atoms with Crippen molar-refractivity contribution in [3.05, 3.63) is 28.6 Å². The quantitative estimate of drug-likeness (QED) is 0.554. The van der Waals surface area contributed by atoms with Crippen LogP contribution in [0.3, 0.4) is 0 Å². The first-order chi connectivity index (χ1) is 13.2. The van der Waals surface area contributed by atoms with Gasteiger partial charge in [-0.1, -0.05) is 32.6 Å². The lowest BCUT2D eigenvalue weighted by atomic mass is 10.1. The molecule has 0 unspecified atom stereocenters. The molecule has 2 heterocycles. The minimum atomic E-state index is 0.0363. The zero-order valence-electron chi connectivity index (χ0n) is 16.2. The molecule has 1 aliphatic heterocycles. The second-order valence-electron chi connectivity index (χ2n) is 6.80. The number of fused-ring (bicyclic) bond motifs is 1. The van der Waals surface area contributed by atoms with Gasteiger partial charge >= 0.3 is 0 Å². The molecule has 1 aromatic carbocycles. The lowest BCUT2D eigenvalue weighted by Crippen LogP contribution is -2.39. The van der Waals surface area contributed by atoms with Crippen molar-refractivity contribution in [3.63, 3.8) is 0 Å². The zero-order valence-corrected chi connectivity index (χ0v) is 17.0. The number of unbranched alkanes of at least 4 members (excludes halogenated alkanes) is 4. The van der Waals surface area contributed by atoms with Crippen LogP contribution in [0.1, 0.15) is 44.0 Å². The van der Waals surface area contributed by atoms with Gasteiger partial charge < -0.3 is 14.4 Å². The predicted molar refractivity (Wildman–Crippen MR) is 110 cm³/mol. The number of thiazole rings is 1. The van der Waals surface area contributed by atoms with Gasteiger partial charge in [-0.15, -0.1) is 11.3 Å². The smallest absolute Gasteiger partial charge is 0.265 e. The van der Waals surface area contributed by atoms with Crippen molar-refractivity contribution >= 4 is 22.9 Å². The number of ether oxygens (including phenoxy) is 2. The summed E-state index contributed by atoms with van der Waals surface area (Å²) in [6.07, 6.45) is 6.70. The number of hydrogen-bond donors (Lipinski definition) is 0. The Balaban J connectivity index is 1.74. The molecule has 0 spiro atoms. The summed E-state index contributed by atoms with van der Waals surface area (Å²) < 4.78 is 10.8. The summed E-state index contributed by atoms with van der Waals surface area (Å²) in [6.45, 7) is 3.76. The molecule has 0 aliphatic carbocycles. The number of rotatable bonds is 10. The molecule has 0 saturated heterocycles. The minimum Gasteiger partial charge on any atom is -0.482 e. The molecule has 6 heteroatoms. The molecule has 0 atom stereocenters. The first kappa shape index (κ1) is 19.8. The van der Waals surface area contributed by atoms with Crippen LogP contribution >= 0.6 is 11.3 Å². The number of aromatic nitrogens is 1. The van der Waals surface area contributed by atoms with Crippen LogP contribution in [-0.4, -0.2) is 37.8 Å². The first-order valence-corrected chi connectivity index (χ1v) is 10.6. The number of hydrogen-bond acceptors (Lipinski definition) is 5. The Morgan fingerprint density at radius 1 is 1.26 bits per heavy atom. The van der Waals surface area contributed by atoms with Gasteiger partial charge in [0.15, 0.2) is 6.61 Å². The Kier molecular flexibility index (Phi) is 7.24. The van der Waals surface area contributed by atoms with Gasteiger partial charge in [0.05, 0.1) is 23.0 Å². The third-order valence-electron chi connectivity index (χ3n) is 4.75. The van der Waals surface area contributed by atoms with E-state index in [-0.39, 0.29) is 12.5 Å². The average molecular weight is 389 g/mol. The van der Waals surface area contributed by atoms with Gasteiger partial charge in [0.1, 0.15) is 5.75 Å². The second kappa shape index (κ2) is 9.85. The molecule has 2 aromatic rings. The number of anilines is 1. The van der Waals surface area contributed by atoms with E-state index in [1.165, 1.54) is 19.3 Å². The molecule has 1 aliphatic rings. The number of benzene rings is 1. The van der Waals surface area contributed by atoms with Crippen LogP contribution in [0, 0.1) is 0 Å². The fourth-order valence-corrected chi connectivity index (χ4v) is 4.02. The van der Waals surface area contributed by atoms with E-state index in [0.29, 0.717) is 6.61 Å². The van der Waals surface area contributed by atoms with Gasteiger partial charge in [-0.2, -0.15) is 0 Å². The molecule has 0 fully saturated rings. The van der Waals surface area contributed by atoms with Crippen LogP contribution in [0.15, 0.2) is 23.6 Å². The van der Waals surface area contributed by atoms with E-state index >= 15 is 0 Å². The van der Waals surface area contributed by atoms with Gasteiger partial charge in [0, 0.05) is 31.0 Å². The summed E-state index contributed by atoms with van der Waals surface area (Å²) in [4.78, 5) is 19.0. The lowest BCUT2D eigenvalue weighted by Gasteiger charge is -2.29. The average Bonchev–Trinajstić information content (AvgIpc) is 3.16. The molecule has 27 heavy (non-hydrogen) atoms. The van der Waals surface area contributed by atoms with E-state index in [1.807, 2.05) is 23.1 Å². The number of amides is 1. The molecule has 3 rings (SSSR count). The van der Waals surface area contributed by atoms with E-state index in [0.717, 1.165) is 53.5 Å². The van der Waals surface area contributed by atoms with Gasteiger partial charge in [-0.3, -0.25) is 4.79 Å². The van der Waals surface area contributed by atoms with Gasteiger partial charge in [0.2, 0.25) is 0 Å². The van der Waals surface area contributed by atoms with Crippen molar-refractivity contribution < 1.29 is 14.3 Å². The minimum absolute atomic E-state index is 0.0363. The molecule has 5 nitrogen and oxygen atoms in total. The van der Waals surface area contributed by atoms with E-state index in [4.69, 9.17) is 14.5 Å². The van der Waals surface area contributed by atoms with Crippen LogP contribution in [0.2, 0.25) is 0 Å². The maximum Gasteiger partial charge on any atom is 0.265 e. The summed E-state index contributed by atoms with van der Waals surface area (Å²) in [5.74, 6) is 0.816. The molecule has 146 valence electrons. The fourth-order valence-electron chi connectivity index (χ4n) is 3.23. The molecular formula is C21H28N2O3S. The number of carbonyl (C=O) groups is 1. The molecule has 0 saturated carbocycles. The maximum atomic E-state index is 12.4. The van der Waals surface area contributed by atoms with Crippen LogP contribution in [-0.2, 0) is 16.0 Å². The summed E-state index contributed by atoms with van der Waals surface area (Å²) >= 11 is 1.64. The van der Waals surface area contributed by atoms with Crippen LogP contribution in [0.25, 0.3) is 11.3 Å². The van der Waals surface area contributed by atoms with E-state index in [2.05, 4.69) is 12.3 Å². The van der Waals surface area contributed by atoms with Crippen LogP contribution in [0.5, 0.6) is 5.75 Å². The van der Waals surface area contributed by atoms with Crippen molar-refractivity contribution in [1.29, 1.82) is 0 Å². The number of carbonyl (C=O) groups excluding carboxylic acids is 1. The maximum absolute atomic E-state index is 12.4. The van der Waals surface area contributed by atoms with Gasteiger partial charge in [0.25, 0.3) is 5.91 Å². The van der Waals surface area contributed by atoms with E-state index in [9.17, 15) is 4.79 Å².